The first-order chi connectivity index (χ1) is 6.93. The van der Waals surface area contributed by atoms with Gasteiger partial charge in [-0.15, -0.1) is 0 Å². The number of hydrogen-bond acceptors (Lipinski definition) is 2. The summed E-state index contributed by atoms with van der Waals surface area (Å²) < 4.78 is 22.0. The average Bonchev–Trinajstić information content (AvgIpc) is 2.17. The van der Waals surface area contributed by atoms with Gasteiger partial charge in [-0.3, -0.25) is 0 Å². The van der Waals surface area contributed by atoms with Crippen molar-refractivity contribution in [3.8, 4) is 0 Å². The largest absolute Gasteiger partial charge is 0.238 e. The van der Waals surface area contributed by atoms with Crippen LogP contribution in [0.5, 0.6) is 0 Å². The van der Waals surface area contributed by atoms with Crippen LogP contribution in [0.15, 0.2) is 29.2 Å². The Balaban J connectivity index is 2.82. The van der Waals surface area contributed by atoms with Crippen LogP contribution in [0.4, 0.5) is 0 Å². The van der Waals surface area contributed by atoms with Gasteiger partial charge in [-0.2, -0.15) is 0 Å². The van der Waals surface area contributed by atoms with E-state index in [1.807, 2.05) is 12.1 Å². The number of rotatable bonds is 4. The zero-order chi connectivity index (χ0) is 11.5. The zero-order valence-electron chi connectivity index (χ0n) is 9.10. The molecule has 1 aromatic rings. The Morgan fingerprint density at radius 3 is 2.20 bits per heavy atom. The number of primary sulfonamides is 1. The van der Waals surface area contributed by atoms with E-state index in [1.54, 1.807) is 12.1 Å². The van der Waals surface area contributed by atoms with E-state index in [9.17, 15) is 8.42 Å². The molecule has 0 bridgehead atoms. The van der Waals surface area contributed by atoms with Crippen LogP contribution in [0.1, 0.15) is 25.8 Å². The molecule has 0 aliphatic rings. The molecule has 0 fully saturated rings. The second-order valence-electron chi connectivity index (χ2n) is 3.91. The van der Waals surface area contributed by atoms with Gasteiger partial charge in [0.2, 0.25) is 10.0 Å². The van der Waals surface area contributed by atoms with Crippen molar-refractivity contribution in [2.24, 2.45) is 11.1 Å². The third kappa shape index (κ3) is 3.64. The van der Waals surface area contributed by atoms with Gasteiger partial charge in [-0.05, 0) is 30.0 Å². The van der Waals surface area contributed by atoms with Crippen molar-refractivity contribution in [2.45, 2.75) is 31.6 Å². The minimum absolute atomic E-state index is 0.176. The zero-order valence-corrected chi connectivity index (χ0v) is 9.92. The first-order valence-corrected chi connectivity index (χ1v) is 6.60. The van der Waals surface area contributed by atoms with E-state index >= 15 is 0 Å². The Morgan fingerprint density at radius 2 is 1.80 bits per heavy atom. The third-order valence-electron chi connectivity index (χ3n) is 2.53. The molecule has 84 valence electrons. The molecule has 0 amide bonds. The van der Waals surface area contributed by atoms with E-state index in [1.165, 1.54) is 0 Å². The van der Waals surface area contributed by atoms with Crippen LogP contribution in [-0.2, 0) is 16.4 Å². The lowest BCUT2D eigenvalue weighted by Crippen LogP contribution is -2.12. The quantitative estimate of drug-likeness (QED) is 0.854. The van der Waals surface area contributed by atoms with Crippen LogP contribution in [0, 0.1) is 5.92 Å². The molecule has 1 aromatic carbocycles. The van der Waals surface area contributed by atoms with Gasteiger partial charge in [-0.25, -0.2) is 13.6 Å². The minimum atomic E-state index is -3.55. The van der Waals surface area contributed by atoms with Gasteiger partial charge in [0.25, 0.3) is 0 Å². The first kappa shape index (κ1) is 12.2. The Kier molecular flexibility index (Phi) is 3.88. The predicted molar refractivity (Wildman–Crippen MR) is 61.0 cm³/mol. The summed E-state index contributed by atoms with van der Waals surface area (Å²) in [7, 11) is -3.55. The Labute approximate surface area is 91.4 Å². The topological polar surface area (TPSA) is 60.2 Å². The summed E-state index contributed by atoms with van der Waals surface area (Å²) in [5.74, 6) is 0.616. The highest BCUT2D eigenvalue weighted by Crippen LogP contribution is 2.14. The summed E-state index contributed by atoms with van der Waals surface area (Å²) in [6, 6.07) is 6.78. The van der Waals surface area contributed by atoms with Gasteiger partial charge in [0.1, 0.15) is 0 Å². The lowest BCUT2D eigenvalue weighted by molar-refractivity contribution is 0.560. The highest BCUT2D eigenvalue weighted by atomic mass is 32.2. The minimum Gasteiger partial charge on any atom is -0.225 e. The summed E-state index contributed by atoms with van der Waals surface area (Å²) in [5.41, 5.74) is 1.15. The molecular formula is C11H17NO2S. The van der Waals surface area contributed by atoms with Crippen molar-refractivity contribution < 1.29 is 8.42 Å². The fourth-order valence-corrected chi connectivity index (χ4v) is 1.88. The van der Waals surface area contributed by atoms with Crippen LogP contribution >= 0.6 is 0 Å². The van der Waals surface area contributed by atoms with Crippen molar-refractivity contribution in [1.82, 2.24) is 0 Å². The maximum absolute atomic E-state index is 11.0. The predicted octanol–water partition coefficient (Wildman–Crippen LogP) is 1.92. The molecule has 0 aliphatic carbocycles. The maximum Gasteiger partial charge on any atom is 0.238 e. The van der Waals surface area contributed by atoms with Gasteiger partial charge >= 0.3 is 0 Å². The van der Waals surface area contributed by atoms with Gasteiger partial charge in [0.15, 0.2) is 0 Å². The van der Waals surface area contributed by atoms with E-state index in [0.717, 1.165) is 18.4 Å². The fourth-order valence-electron chi connectivity index (χ4n) is 1.36. The lowest BCUT2D eigenvalue weighted by atomic mass is 9.99. The normalized spacial score (nSPS) is 13.8. The summed E-state index contributed by atoms with van der Waals surface area (Å²) >= 11 is 0. The van der Waals surface area contributed by atoms with Crippen molar-refractivity contribution in [3.63, 3.8) is 0 Å². The van der Waals surface area contributed by atoms with E-state index < -0.39 is 10.0 Å². The standard InChI is InChI=1S/C11H17NO2S/c1-3-9(2)8-10-4-6-11(7-5-10)15(12,13)14/h4-7,9H,3,8H2,1-2H3,(H2,12,13,14). The van der Waals surface area contributed by atoms with Gasteiger partial charge in [0, 0.05) is 0 Å². The van der Waals surface area contributed by atoms with E-state index in [-0.39, 0.29) is 4.90 Å². The van der Waals surface area contributed by atoms with Crippen LogP contribution < -0.4 is 5.14 Å². The van der Waals surface area contributed by atoms with Crippen molar-refractivity contribution >= 4 is 10.0 Å². The van der Waals surface area contributed by atoms with Crippen LogP contribution in [-0.4, -0.2) is 8.42 Å². The highest BCUT2D eigenvalue weighted by molar-refractivity contribution is 7.89. The van der Waals surface area contributed by atoms with Crippen LogP contribution in [0.25, 0.3) is 0 Å². The maximum atomic E-state index is 11.0. The molecule has 0 radical (unpaired) electrons. The summed E-state index contributed by atoms with van der Waals surface area (Å²) in [5, 5.41) is 5.01. The molecule has 1 unspecified atom stereocenters. The summed E-state index contributed by atoms with van der Waals surface area (Å²) in [6.45, 7) is 4.32. The molecular weight excluding hydrogens is 210 g/mol. The molecule has 2 N–H and O–H groups in total. The molecule has 0 aromatic heterocycles. The molecule has 15 heavy (non-hydrogen) atoms. The molecule has 3 nitrogen and oxygen atoms in total. The second-order valence-corrected chi connectivity index (χ2v) is 5.47. The van der Waals surface area contributed by atoms with Gasteiger partial charge < -0.3 is 0 Å². The molecule has 0 heterocycles. The number of sulfonamides is 1. The second kappa shape index (κ2) is 4.77. The molecule has 0 saturated heterocycles. The highest BCUT2D eigenvalue weighted by Gasteiger charge is 2.07. The Hall–Kier alpha value is -0.870. The smallest absolute Gasteiger partial charge is 0.225 e. The van der Waals surface area contributed by atoms with E-state index in [2.05, 4.69) is 13.8 Å². The average molecular weight is 227 g/mol. The van der Waals surface area contributed by atoms with Crippen molar-refractivity contribution in [1.29, 1.82) is 0 Å². The Morgan fingerprint density at radius 1 is 1.27 bits per heavy atom. The molecule has 0 aliphatic heterocycles. The third-order valence-corrected chi connectivity index (χ3v) is 3.46. The summed E-state index contributed by atoms with van der Waals surface area (Å²) in [4.78, 5) is 0.176. The number of benzene rings is 1. The first-order valence-electron chi connectivity index (χ1n) is 5.05. The van der Waals surface area contributed by atoms with Crippen LogP contribution in [0.3, 0.4) is 0 Å². The number of hydrogen-bond donors (Lipinski definition) is 1. The molecule has 1 rings (SSSR count). The van der Waals surface area contributed by atoms with E-state index in [0.29, 0.717) is 5.92 Å². The molecule has 0 saturated carbocycles. The Bertz CT molecular complexity index is 409. The number of nitrogens with two attached hydrogens (primary N) is 1. The van der Waals surface area contributed by atoms with Crippen LogP contribution in [0.2, 0.25) is 0 Å². The van der Waals surface area contributed by atoms with Gasteiger partial charge in [-0.1, -0.05) is 32.4 Å². The lowest BCUT2D eigenvalue weighted by Gasteiger charge is -2.08. The molecule has 4 heteroatoms. The monoisotopic (exact) mass is 227 g/mol. The summed E-state index contributed by atoms with van der Waals surface area (Å²) in [6.07, 6.45) is 2.10. The van der Waals surface area contributed by atoms with Gasteiger partial charge in [0.05, 0.1) is 4.90 Å². The van der Waals surface area contributed by atoms with Crippen molar-refractivity contribution in [2.75, 3.05) is 0 Å². The molecule has 1 atom stereocenters. The molecule has 0 spiro atoms. The fraction of sp³-hybridized carbons (Fsp3) is 0.455. The van der Waals surface area contributed by atoms with Crippen molar-refractivity contribution in [3.05, 3.63) is 29.8 Å². The van der Waals surface area contributed by atoms with E-state index in [4.69, 9.17) is 5.14 Å². The SMILES string of the molecule is CCC(C)Cc1ccc(S(N)(=O)=O)cc1.